The van der Waals surface area contributed by atoms with Crippen molar-refractivity contribution in [2.75, 3.05) is 46.6 Å². The third-order valence-corrected chi connectivity index (χ3v) is 5.97. The predicted molar refractivity (Wildman–Crippen MR) is 112 cm³/mol. The van der Waals surface area contributed by atoms with Gasteiger partial charge in [-0.1, -0.05) is 11.6 Å². The lowest BCUT2D eigenvalue weighted by Gasteiger charge is -2.37. The molecule has 9 heteroatoms. The quantitative estimate of drug-likeness (QED) is 0.734. The average molecular weight is 442 g/mol. The molecule has 0 unspecified atom stereocenters. The number of likely N-dealkylation sites (tertiary alicyclic amines) is 1. The molecule has 1 aromatic carbocycles. The standard InChI is InChI=1S/C21H29ClFN3O4/c1-20(2)13-30-14-26(20)18(27)11-25-6-4-21(23,5-7-25)12-24-19(28)15-8-16(22)10-17(9-15)29-3/h8-10H,4-7,11-14H2,1-3H3,(H,24,28). The number of hydrogen-bond acceptors (Lipinski definition) is 5. The third-order valence-electron chi connectivity index (χ3n) is 5.75. The molecule has 7 nitrogen and oxygen atoms in total. The molecule has 2 fully saturated rings. The van der Waals surface area contributed by atoms with Gasteiger partial charge in [-0.3, -0.25) is 14.5 Å². The Morgan fingerprint density at radius 1 is 1.27 bits per heavy atom. The molecule has 3 rings (SSSR count). The summed E-state index contributed by atoms with van der Waals surface area (Å²) in [5, 5.41) is 3.03. The molecule has 0 aliphatic carbocycles. The van der Waals surface area contributed by atoms with Crippen LogP contribution in [-0.4, -0.2) is 79.4 Å². The Morgan fingerprint density at radius 2 is 1.97 bits per heavy atom. The van der Waals surface area contributed by atoms with Crippen molar-refractivity contribution in [1.82, 2.24) is 15.1 Å². The molecule has 0 saturated carbocycles. The molecule has 0 aromatic heterocycles. The molecule has 2 aliphatic heterocycles. The van der Waals surface area contributed by atoms with Crippen molar-refractivity contribution in [3.05, 3.63) is 28.8 Å². The molecule has 1 aromatic rings. The minimum atomic E-state index is -1.51. The van der Waals surface area contributed by atoms with Crippen molar-refractivity contribution in [3.8, 4) is 5.75 Å². The maximum atomic E-state index is 15.2. The lowest BCUT2D eigenvalue weighted by atomic mass is 9.93. The van der Waals surface area contributed by atoms with Crippen molar-refractivity contribution in [2.24, 2.45) is 0 Å². The Balaban J connectivity index is 1.48. The molecule has 30 heavy (non-hydrogen) atoms. The number of ether oxygens (including phenoxy) is 2. The van der Waals surface area contributed by atoms with Gasteiger partial charge in [-0.25, -0.2) is 4.39 Å². The van der Waals surface area contributed by atoms with Crippen molar-refractivity contribution < 1.29 is 23.5 Å². The maximum absolute atomic E-state index is 15.2. The van der Waals surface area contributed by atoms with E-state index in [1.165, 1.54) is 13.2 Å². The van der Waals surface area contributed by atoms with E-state index >= 15 is 4.39 Å². The van der Waals surface area contributed by atoms with Crippen LogP contribution in [0.2, 0.25) is 5.02 Å². The van der Waals surface area contributed by atoms with Crippen LogP contribution < -0.4 is 10.1 Å². The second-order valence-electron chi connectivity index (χ2n) is 8.60. The Labute approximate surface area is 181 Å². The van der Waals surface area contributed by atoms with Gasteiger partial charge in [-0.2, -0.15) is 0 Å². The highest BCUT2D eigenvalue weighted by Gasteiger charge is 2.39. The van der Waals surface area contributed by atoms with E-state index in [1.54, 1.807) is 17.0 Å². The molecule has 1 N–H and O–H groups in total. The highest BCUT2D eigenvalue weighted by atomic mass is 35.5. The fraction of sp³-hybridized carbons (Fsp3) is 0.619. The minimum Gasteiger partial charge on any atom is -0.497 e. The summed E-state index contributed by atoms with van der Waals surface area (Å²) in [6, 6.07) is 4.67. The van der Waals surface area contributed by atoms with Crippen LogP contribution >= 0.6 is 11.6 Å². The van der Waals surface area contributed by atoms with Gasteiger partial charge in [0.05, 0.1) is 32.3 Å². The van der Waals surface area contributed by atoms with Crippen molar-refractivity contribution in [1.29, 1.82) is 0 Å². The van der Waals surface area contributed by atoms with E-state index in [4.69, 9.17) is 21.1 Å². The van der Waals surface area contributed by atoms with Crippen molar-refractivity contribution >= 4 is 23.4 Å². The molecule has 0 radical (unpaired) electrons. The summed E-state index contributed by atoms with van der Waals surface area (Å²) in [4.78, 5) is 28.7. The topological polar surface area (TPSA) is 71.1 Å². The van der Waals surface area contributed by atoms with Crippen molar-refractivity contribution in [2.45, 2.75) is 37.9 Å². The Morgan fingerprint density at radius 3 is 2.57 bits per heavy atom. The Kier molecular flexibility index (Phi) is 6.89. The number of benzene rings is 1. The first kappa shape index (κ1) is 22.8. The van der Waals surface area contributed by atoms with E-state index in [0.717, 1.165) is 0 Å². The predicted octanol–water partition coefficient (Wildman–Crippen LogP) is 2.48. The lowest BCUT2D eigenvalue weighted by Crippen LogP contribution is -2.52. The largest absolute Gasteiger partial charge is 0.497 e. The van der Waals surface area contributed by atoms with Gasteiger partial charge < -0.3 is 19.7 Å². The normalized spacial score (nSPS) is 20.8. The number of amides is 2. The van der Waals surface area contributed by atoms with Gasteiger partial charge >= 0.3 is 0 Å². The summed E-state index contributed by atoms with van der Waals surface area (Å²) < 4.78 is 25.7. The fourth-order valence-electron chi connectivity index (χ4n) is 3.77. The first-order chi connectivity index (χ1) is 14.1. The summed E-state index contributed by atoms with van der Waals surface area (Å²) in [5.41, 5.74) is -1.50. The molecular formula is C21H29ClFN3O4. The Bertz CT molecular complexity index is 796. The zero-order chi connectivity index (χ0) is 21.9. The summed E-state index contributed by atoms with van der Waals surface area (Å²) in [6.07, 6.45) is 0.499. The summed E-state index contributed by atoms with van der Waals surface area (Å²) in [7, 11) is 1.49. The van der Waals surface area contributed by atoms with Crippen LogP contribution in [-0.2, 0) is 9.53 Å². The second-order valence-corrected chi connectivity index (χ2v) is 9.04. The van der Waals surface area contributed by atoms with E-state index in [9.17, 15) is 9.59 Å². The van der Waals surface area contributed by atoms with E-state index in [-0.39, 0.29) is 37.4 Å². The van der Waals surface area contributed by atoms with Crippen LogP contribution in [0.4, 0.5) is 4.39 Å². The number of piperidine rings is 1. The van der Waals surface area contributed by atoms with Crippen LogP contribution in [0.5, 0.6) is 5.75 Å². The number of nitrogens with one attached hydrogen (secondary N) is 1. The summed E-state index contributed by atoms with van der Waals surface area (Å²) in [5.74, 6) is 0.0564. The second kappa shape index (κ2) is 9.08. The molecule has 2 heterocycles. The monoisotopic (exact) mass is 441 g/mol. The molecule has 2 aliphatic rings. The van der Waals surface area contributed by atoms with E-state index in [0.29, 0.717) is 42.8 Å². The van der Waals surface area contributed by atoms with Crippen molar-refractivity contribution in [3.63, 3.8) is 0 Å². The number of hydrogen-bond donors (Lipinski definition) is 1. The van der Waals surface area contributed by atoms with E-state index < -0.39 is 11.6 Å². The first-order valence-electron chi connectivity index (χ1n) is 10.0. The SMILES string of the molecule is COc1cc(Cl)cc(C(=O)NCC2(F)CCN(CC(=O)N3COCC3(C)C)CC2)c1. The van der Waals surface area contributed by atoms with Gasteiger partial charge in [0, 0.05) is 23.7 Å². The number of methoxy groups -OCH3 is 1. The van der Waals surface area contributed by atoms with E-state index in [1.807, 2.05) is 18.7 Å². The van der Waals surface area contributed by atoms with Crippen LogP contribution in [0.25, 0.3) is 0 Å². The molecule has 166 valence electrons. The molecular weight excluding hydrogens is 413 g/mol. The third kappa shape index (κ3) is 5.42. The van der Waals surface area contributed by atoms with Gasteiger partial charge in [0.2, 0.25) is 5.91 Å². The molecule has 0 bridgehead atoms. The van der Waals surface area contributed by atoms with Gasteiger partial charge in [0.1, 0.15) is 18.1 Å². The molecule has 0 spiro atoms. The van der Waals surface area contributed by atoms with Crippen LogP contribution in [0.3, 0.4) is 0 Å². The van der Waals surface area contributed by atoms with Gasteiger partial charge in [-0.05, 0) is 44.9 Å². The summed E-state index contributed by atoms with van der Waals surface area (Å²) in [6.45, 7) is 5.83. The Hall–Kier alpha value is -1.90. The minimum absolute atomic E-state index is 0.00735. The number of rotatable bonds is 6. The van der Waals surface area contributed by atoms with Crippen LogP contribution in [0.15, 0.2) is 18.2 Å². The number of carbonyl (C=O) groups excluding carboxylic acids is 2. The van der Waals surface area contributed by atoms with Crippen LogP contribution in [0, 0.1) is 0 Å². The van der Waals surface area contributed by atoms with Crippen LogP contribution in [0.1, 0.15) is 37.0 Å². The molecule has 0 atom stereocenters. The lowest BCUT2D eigenvalue weighted by molar-refractivity contribution is -0.137. The first-order valence-corrected chi connectivity index (χ1v) is 10.4. The maximum Gasteiger partial charge on any atom is 0.251 e. The molecule has 2 amide bonds. The van der Waals surface area contributed by atoms with E-state index in [2.05, 4.69) is 5.32 Å². The van der Waals surface area contributed by atoms with Gasteiger partial charge in [0.15, 0.2) is 0 Å². The highest BCUT2D eigenvalue weighted by molar-refractivity contribution is 6.31. The number of carbonyl (C=O) groups is 2. The number of nitrogens with zero attached hydrogens (tertiary/aromatic N) is 2. The zero-order valence-electron chi connectivity index (χ0n) is 17.7. The molecule has 2 saturated heterocycles. The van der Waals surface area contributed by atoms with Gasteiger partial charge in [-0.15, -0.1) is 0 Å². The fourth-order valence-corrected chi connectivity index (χ4v) is 3.99. The zero-order valence-corrected chi connectivity index (χ0v) is 18.4. The number of halogens is 2. The van der Waals surface area contributed by atoms with Gasteiger partial charge in [0.25, 0.3) is 5.91 Å². The number of alkyl halides is 1. The average Bonchev–Trinajstić information content (AvgIpc) is 3.06. The smallest absolute Gasteiger partial charge is 0.251 e. The summed E-state index contributed by atoms with van der Waals surface area (Å²) >= 11 is 5.99. The highest BCUT2D eigenvalue weighted by Crippen LogP contribution is 2.27.